The van der Waals surface area contributed by atoms with E-state index in [1.165, 1.54) is 7.11 Å². The van der Waals surface area contributed by atoms with E-state index >= 15 is 0 Å². The Morgan fingerprint density at radius 3 is 1.53 bits per heavy atom. The first-order chi connectivity index (χ1) is 7.81. The summed E-state index contributed by atoms with van der Waals surface area (Å²) in [5, 5.41) is 0. The quantitative estimate of drug-likeness (QED) is 0.560. The molecule has 0 rings (SSSR count). The molecule has 98 valence electrons. The van der Waals surface area contributed by atoms with E-state index in [-0.39, 0.29) is 11.9 Å². The van der Waals surface area contributed by atoms with Crippen LogP contribution in [0.25, 0.3) is 0 Å². The van der Waals surface area contributed by atoms with Crippen LogP contribution in [0.3, 0.4) is 0 Å². The summed E-state index contributed by atoms with van der Waals surface area (Å²) in [5.74, 6) is -0.287. The summed E-state index contributed by atoms with van der Waals surface area (Å²) in [6, 6.07) is 0. The van der Waals surface area contributed by atoms with E-state index in [1.54, 1.807) is 18.7 Å². The first-order valence-electron chi connectivity index (χ1n) is 5.50. The monoisotopic (exact) mass is 241 g/mol. The third-order valence-electron chi connectivity index (χ3n) is 1.95. The average molecular weight is 241 g/mol. The fraction of sp³-hybridized carbons (Fsp3) is 0.538. The topological polar surface area (TPSA) is 46.6 Å². The molecule has 4 heteroatoms. The van der Waals surface area contributed by atoms with Crippen molar-refractivity contribution >= 4 is 11.9 Å². The first-order valence-corrected chi connectivity index (χ1v) is 5.50. The van der Waals surface area contributed by atoms with Crippen molar-refractivity contribution in [2.24, 2.45) is 0 Å². The molecule has 0 aliphatic heterocycles. The van der Waals surface area contributed by atoms with Crippen LogP contribution in [0.5, 0.6) is 0 Å². The number of methoxy groups -OCH3 is 1. The maximum absolute atomic E-state index is 11.1. The molecule has 0 saturated carbocycles. The van der Waals surface area contributed by atoms with Crippen molar-refractivity contribution in [3.63, 3.8) is 0 Å². The van der Waals surface area contributed by atoms with Crippen LogP contribution in [0, 0.1) is 0 Å². The van der Waals surface area contributed by atoms with Crippen molar-refractivity contribution in [2.45, 2.75) is 27.7 Å². The summed E-state index contributed by atoms with van der Waals surface area (Å²) in [6.45, 7) is 15.7. The van der Waals surface area contributed by atoms with Crippen LogP contribution in [-0.4, -0.2) is 37.0 Å². The minimum Gasteiger partial charge on any atom is -0.466 e. The van der Waals surface area contributed by atoms with Crippen molar-refractivity contribution in [2.75, 3.05) is 20.2 Å². The number of ether oxygens (including phenoxy) is 1. The molecule has 0 atom stereocenters. The van der Waals surface area contributed by atoms with Gasteiger partial charge in [-0.05, 0) is 27.7 Å². The van der Waals surface area contributed by atoms with Crippen molar-refractivity contribution in [1.29, 1.82) is 0 Å². The van der Waals surface area contributed by atoms with Gasteiger partial charge >= 0.3 is 5.97 Å². The zero-order chi connectivity index (χ0) is 14.0. The molecular formula is C13H23NO3. The fourth-order valence-electron chi connectivity index (χ4n) is 0.955. The Morgan fingerprint density at radius 2 is 1.47 bits per heavy atom. The second-order valence-corrected chi connectivity index (χ2v) is 3.53. The van der Waals surface area contributed by atoms with Gasteiger partial charge in [0.1, 0.15) is 0 Å². The van der Waals surface area contributed by atoms with Gasteiger partial charge in [0, 0.05) is 24.2 Å². The van der Waals surface area contributed by atoms with E-state index in [4.69, 9.17) is 0 Å². The van der Waals surface area contributed by atoms with Gasteiger partial charge < -0.3 is 9.64 Å². The number of nitrogens with zero attached hydrogens (tertiary/aromatic N) is 1. The lowest BCUT2D eigenvalue weighted by atomic mass is 10.3. The largest absolute Gasteiger partial charge is 0.466 e. The van der Waals surface area contributed by atoms with Crippen LogP contribution >= 0.6 is 0 Å². The molecule has 0 spiro atoms. The first kappa shape index (κ1) is 17.8. The van der Waals surface area contributed by atoms with Gasteiger partial charge in [-0.2, -0.15) is 0 Å². The van der Waals surface area contributed by atoms with Crippen LogP contribution in [-0.2, 0) is 14.3 Å². The number of hydrogen-bond acceptors (Lipinski definition) is 3. The van der Waals surface area contributed by atoms with Crippen LogP contribution in [0.4, 0.5) is 0 Å². The Balaban J connectivity index is 0. The predicted molar refractivity (Wildman–Crippen MR) is 69.6 cm³/mol. The van der Waals surface area contributed by atoms with E-state index in [2.05, 4.69) is 17.9 Å². The van der Waals surface area contributed by atoms with E-state index in [9.17, 15) is 9.59 Å². The van der Waals surface area contributed by atoms with Gasteiger partial charge in [-0.1, -0.05) is 13.2 Å². The smallest absolute Gasteiger partial charge is 0.332 e. The molecule has 0 aliphatic carbocycles. The van der Waals surface area contributed by atoms with Crippen LogP contribution in [0.15, 0.2) is 24.3 Å². The molecule has 0 bridgehead atoms. The third-order valence-corrected chi connectivity index (χ3v) is 1.95. The van der Waals surface area contributed by atoms with Crippen LogP contribution < -0.4 is 0 Å². The maximum atomic E-state index is 11.1. The Morgan fingerprint density at radius 1 is 1.06 bits per heavy atom. The Kier molecular flexibility index (Phi) is 10.1. The van der Waals surface area contributed by atoms with Crippen molar-refractivity contribution in [3.05, 3.63) is 24.3 Å². The molecule has 0 aliphatic rings. The number of carbonyl (C=O) groups is 2. The third kappa shape index (κ3) is 8.25. The van der Waals surface area contributed by atoms with Crippen molar-refractivity contribution in [1.82, 2.24) is 4.90 Å². The Bertz CT molecular complexity index is 291. The van der Waals surface area contributed by atoms with Gasteiger partial charge in [0.15, 0.2) is 0 Å². The van der Waals surface area contributed by atoms with Crippen LogP contribution in [0.1, 0.15) is 27.7 Å². The van der Waals surface area contributed by atoms with E-state index in [1.807, 2.05) is 13.8 Å². The van der Waals surface area contributed by atoms with E-state index in [0.29, 0.717) is 11.1 Å². The zero-order valence-corrected chi connectivity index (χ0v) is 11.5. The lowest BCUT2D eigenvalue weighted by molar-refractivity contribution is -0.136. The normalized spacial score (nSPS) is 8.53. The maximum Gasteiger partial charge on any atom is 0.332 e. The highest BCUT2D eigenvalue weighted by Crippen LogP contribution is 1.96. The standard InChI is InChI=1S/C8H15NO.C5H8O2/c1-5-9(6-2)8(10)7(3)4;1-4(2)5(6)7-3/h3,5-6H2,1-2,4H3;1H2,2-3H3. The van der Waals surface area contributed by atoms with Crippen molar-refractivity contribution in [3.8, 4) is 0 Å². The minimum atomic E-state index is -0.347. The summed E-state index contributed by atoms with van der Waals surface area (Å²) in [6.07, 6.45) is 0. The molecule has 0 N–H and O–H groups in total. The summed E-state index contributed by atoms with van der Waals surface area (Å²) in [4.78, 5) is 23.1. The molecule has 0 aromatic heterocycles. The SMILES string of the molecule is C=C(C)C(=O)N(CC)CC.C=C(C)C(=O)OC. The number of carbonyl (C=O) groups excluding carboxylic acids is 2. The molecule has 0 aromatic rings. The summed E-state index contributed by atoms with van der Waals surface area (Å²) < 4.78 is 4.27. The van der Waals surface area contributed by atoms with Gasteiger partial charge in [0.25, 0.3) is 0 Å². The molecule has 0 saturated heterocycles. The lowest BCUT2D eigenvalue weighted by Crippen LogP contribution is -2.30. The molecule has 0 unspecified atom stereocenters. The van der Waals surface area contributed by atoms with Crippen LogP contribution in [0.2, 0.25) is 0 Å². The highest BCUT2D eigenvalue weighted by atomic mass is 16.5. The zero-order valence-electron chi connectivity index (χ0n) is 11.5. The molecule has 0 fully saturated rings. The highest BCUT2D eigenvalue weighted by molar-refractivity contribution is 5.92. The average Bonchev–Trinajstić information content (AvgIpc) is 2.29. The van der Waals surface area contributed by atoms with Crippen molar-refractivity contribution < 1.29 is 14.3 Å². The number of rotatable bonds is 4. The molecule has 0 radical (unpaired) electrons. The fourth-order valence-corrected chi connectivity index (χ4v) is 0.955. The Hall–Kier alpha value is -1.58. The molecule has 1 amide bonds. The van der Waals surface area contributed by atoms with Gasteiger partial charge in [-0.25, -0.2) is 4.79 Å². The summed E-state index contributed by atoms with van der Waals surface area (Å²) >= 11 is 0. The van der Waals surface area contributed by atoms with Gasteiger partial charge in [0.05, 0.1) is 7.11 Å². The van der Waals surface area contributed by atoms with E-state index in [0.717, 1.165) is 13.1 Å². The van der Waals surface area contributed by atoms with Gasteiger partial charge in [-0.15, -0.1) is 0 Å². The number of likely N-dealkylation sites (N-methyl/N-ethyl adjacent to an activating group) is 1. The lowest BCUT2D eigenvalue weighted by Gasteiger charge is -2.17. The second-order valence-electron chi connectivity index (χ2n) is 3.53. The number of esters is 1. The minimum absolute atomic E-state index is 0.0602. The predicted octanol–water partition coefficient (Wildman–Crippen LogP) is 2.17. The molecular weight excluding hydrogens is 218 g/mol. The molecule has 0 aromatic carbocycles. The number of hydrogen-bond donors (Lipinski definition) is 0. The van der Waals surface area contributed by atoms with Gasteiger partial charge in [-0.3, -0.25) is 4.79 Å². The molecule has 4 nitrogen and oxygen atoms in total. The summed E-state index contributed by atoms with van der Waals surface area (Å²) in [7, 11) is 1.33. The Labute approximate surface area is 104 Å². The summed E-state index contributed by atoms with van der Waals surface area (Å²) in [5.41, 5.74) is 1.05. The van der Waals surface area contributed by atoms with E-state index < -0.39 is 0 Å². The molecule has 17 heavy (non-hydrogen) atoms. The highest BCUT2D eigenvalue weighted by Gasteiger charge is 2.08. The number of amides is 1. The second kappa shape index (κ2) is 9.63. The molecule has 0 heterocycles. The van der Waals surface area contributed by atoms with Gasteiger partial charge in [0.2, 0.25) is 5.91 Å².